The molecule has 1 aliphatic rings. The standard InChI is InChI=1S/C19H22BrN3O3/c1-13(21-19(25)16-7-8-17(20)26-16)18(24)22-15-9-10-23(12-15)11-14-5-3-2-4-6-14/h2-8,13,15H,9-12H2,1H3,(H,21,25)(H,22,24)/t13-,15-/m0/s1. The molecule has 2 atom stereocenters. The van der Waals surface area contributed by atoms with E-state index in [1.54, 1.807) is 19.1 Å². The van der Waals surface area contributed by atoms with Crippen molar-refractivity contribution in [2.45, 2.75) is 32.0 Å². The van der Waals surface area contributed by atoms with Gasteiger partial charge in [0.15, 0.2) is 10.4 Å². The van der Waals surface area contributed by atoms with E-state index in [2.05, 4.69) is 43.6 Å². The van der Waals surface area contributed by atoms with Crippen molar-refractivity contribution in [3.8, 4) is 0 Å². The zero-order valence-electron chi connectivity index (χ0n) is 14.6. The number of carbonyl (C=O) groups is 2. The van der Waals surface area contributed by atoms with E-state index in [0.717, 1.165) is 26.1 Å². The van der Waals surface area contributed by atoms with Gasteiger partial charge in [0.05, 0.1) is 0 Å². The Labute approximate surface area is 161 Å². The fraction of sp³-hybridized carbons (Fsp3) is 0.368. The molecule has 0 aliphatic carbocycles. The van der Waals surface area contributed by atoms with E-state index in [1.165, 1.54) is 5.56 Å². The molecule has 26 heavy (non-hydrogen) atoms. The molecule has 138 valence electrons. The third kappa shape index (κ3) is 4.95. The number of likely N-dealkylation sites (tertiary alicyclic amines) is 1. The van der Waals surface area contributed by atoms with Gasteiger partial charge in [0, 0.05) is 25.7 Å². The van der Waals surface area contributed by atoms with E-state index < -0.39 is 11.9 Å². The van der Waals surface area contributed by atoms with Crippen LogP contribution in [0.15, 0.2) is 51.6 Å². The first-order chi connectivity index (χ1) is 12.5. The van der Waals surface area contributed by atoms with Crippen molar-refractivity contribution in [3.63, 3.8) is 0 Å². The number of halogens is 1. The summed E-state index contributed by atoms with van der Waals surface area (Å²) >= 11 is 3.15. The summed E-state index contributed by atoms with van der Waals surface area (Å²) in [5.41, 5.74) is 1.27. The Morgan fingerprint density at radius 1 is 1.27 bits per heavy atom. The highest BCUT2D eigenvalue weighted by Gasteiger charge is 2.26. The molecule has 1 fully saturated rings. The number of nitrogens with zero attached hydrogens (tertiary/aromatic N) is 1. The number of carbonyl (C=O) groups excluding carboxylic acids is 2. The molecule has 1 saturated heterocycles. The van der Waals surface area contributed by atoms with Crippen molar-refractivity contribution >= 4 is 27.7 Å². The first kappa shape index (κ1) is 18.7. The Hall–Kier alpha value is -2.12. The molecule has 3 rings (SSSR count). The lowest BCUT2D eigenvalue weighted by atomic mass is 10.2. The summed E-state index contributed by atoms with van der Waals surface area (Å²) in [7, 11) is 0. The highest BCUT2D eigenvalue weighted by atomic mass is 79.9. The van der Waals surface area contributed by atoms with Gasteiger partial charge < -0.3 is 15.1 Å². The summed E-state index contributed by atoms with van der Waals surface area (Å²) in [6.07, 6.45) is 0.907. The van der Waals surface area contributed by atoms with Gasteiger partial charge in [-0.3, -0.25) is 14.5 Å². The zero-order chi connectivity index (χ0) is 18.5. The monoisotopic (exact) mass is 419 g/mol. The number of furan rings is 1. The van der Waals surface area contributed by atoms with E-state index >= 15 is 0 Å². The fourth-order valence-corrected chi connectivity index (χ4v) is 3.34. The van der Waals surface area contributed by atoms with E-state index in [1.807, 2.05) is 18.2 Å². The predicted molar refractivity (Wildman–Crippen MR) is 102 cm³/mol. The molecule has 1 aromatic carbocycles. The van der Waals surface area contributed by atoms with Crippen molar-refractivity contribution in [1.29, 1.82) is 0 Å². The van der Waals surface area contributed by atoms with Crippen LogP contribution in [-0.4, -0.2) is 41.9 Å². The maximum Gasteiger partial charge on any atom is 0.287 e. The summed E-state index contributed by atoms with van der Waals surface area (Å²) in [6.45, 7) is 4.31. The highest BCUT2D eigenvalue weighted by molar-refractivity contribution is 9.10. The van der Waals surface area contributed by atoms with E-state index in [9.17, 15) is 9.59 Å². The van der Waals surface area contributed by atoms with Crippen molar-refractivity contribution in [2.24, 2.45) is 0 Å². The van der Waals surface area contributed by atoms with Crippen LogP contribution >= 0.6 is 15.9 Å². The van der Waals surface area contributed by atoms with Gasteiger partial charge in [0.1, 0.15) is 6.04 Å². The van der Waals surface area contributed by atoms with Crippen LogP contribution in [0.4, 0.5) is 0 Å². The van der Waals surface area contributed by atoms with Gasteiger partial charge in [-0.25, -0.2) is 0 Å². The minimum absolute atomic E-state index is 0.100. The largest absolute Gasteiger partial charge is 0.444 e. The second-order valence-corrected chi connectivity index (χ2v) is 7.30. The van der Waals surface area contributed by atoms with Crippen LogP contribution in [0, 0.1) is 0 Å². The number of hydrogen-bond donors (Lipinski definition) is 2. The van der Waals surface area contributed by atoms with Crippen molar-refractivity contribution < 1.29 is 14.0 Å². The second kappa shape index (κ2) is 8.51. The van der Waals surface area contributed by atoms with Gasteiger partial charge in [0.2, 0.25) is 5.91 Å². The molecule has 6 nitrogen and oxygen atoms in total. The lowest BCUT2D eigenvalue weighted by Gasteiger charge is -2.19. The van der Waals surface area contributed by atoms with Gasteiger partial charge in [-0.1, -0.05) is 30.3 Å². The van der Waals surface area contributed by atoms with Crippen LogP contribution in [0.3, 0.4) is 0 Å². The third-order valence-electron chi connectivity index (χ3n) is 4.41. The van der Waals surface area contributed by atoms with Crippen LogP contribution in [0.2, 0.25) is 0 Å². The maximum atomic E-state index is 12.4. The Morgan fingerprint density at radius 3 is 2.73 bits per heavy atom. The summed E-state index contributed by atoms with van der Waals surface area (Å²) in [6, 6.07) is 13.0. The topological polar surface area (TPSA) is 74.6 Å². The van der Waals surface area contributed by atoms with Crippen LogP contribution in [0.1, 0.15) is 29.5 Å². The molecular formula is C19H22BrN3O3. The fourth-order valence-electron chi connectivity index (χ4n) is 3.03. The zero-order valence-corrected chi connectivity index (χ0v) is 16.2. The Balaban J connectivity index is 1.45. The Morgan fingerprint density at radius 2 is 2.04 bits per heavy atom. The molecule has 0 bridgehead atoms. The van der Waals surface area contributed by atoms with E-state index in [-0.39, 0.29) is 17.7 Å². The minimum atomic E-state index is -0.630. The second-order valence-electron chi connectivity index (χ2n) is 6.51. The molecule has 0 spiro atoms. The van der Waals surface area contributed by atoms with Crippen molar-refractivity contribution in [2.75, 3.05) is 13.1 Å². The number of benzene rings is 1. The summed E-state index contributed by atoms with van der Waals surface area (Å²) in [5, 5.41) is 5.68. The summed E-state index contributed by atoms with van der Waals surface area (Å²) in [4.78, 5) is 26.7. The molecule has 2 aromatic rings. The van der Waals surface area contributed by atoms with Crippen LogP contribution in [0.5, 0.6) is 0 Å². The number of hydrogen-bond acceptors (Lipinski definition) is 4. The molecule has 1 aliphatic heterocycles. The number of nitrogens with one attached hydrogen (secondary N) is 2. The molecule has 2 N–H and O–H groups in total. The van der Waals surface area contributed by atoms with Crippen molar-refractivity contribution in [3.05, 3.63) is 58.5 Å². The minimum Gasteiger partial charge on any atom is -0.444 e. The SMILES string of the molecule is C[C@H](NC(=O)c1ccc(Br)o1)C(=O)N[C@H]1CCN(Cc2ccccc2)C1. The lowest BCUT2D eigenvalue weighted by Crippen LogP contribution is -2.48. The number of rotatable bonds is 6. The Bertz CT molecular complexity index is 762. The Kier molecular flexibility index (Phi) is 6.11. The van der Waals surface area contributed by atoms with Gasteiger partial charge in [0.25, 0.3) is 5.91 Å². The van der Waals surface area contributed by atoms with Crippen molar-refractivity contribution in [1.82, 2.24) is 15.5 Å². The lowest BCUT2D eigenvalue weighted by molar-refractivity contribution is -0.123. The predicted octanol–water partition coefficient (Wildman–Crippen LogP) is 2.55. The average Bonchev–Trinajstić information content (AvgIpc) is 3.24. The molecule has 1 aromatic heterocycles. The molecule has 7 heteroatoms. The first-order valence-electron chi connectivity index (χ1n) is 8.64. The molecular weight excluding hydrogens is 398 g/mol. The molecule has 0 radical (unpaired) electrons. The van der Waals surface area contributed by atoms with Gasteiger partial charge in [-0.2, -0.15) is 0 Å². The van der Waals surface area contributed by atoms with E-state index in [4.69, 9.17) is 4.42 Å². The summed E-state index contributed by atoms with van der Waals surface area (Å²) < 4.78 is 5.67. The van der Waals surface area contributed by atoms with Crippen LogP contribution in [-0.2, 0) is 11.3 Å². The van der Waals surface area contributed by atoms with E-state index in [0.29, 0.717) is 4.67 Å². The normalized spacial score (nSPS) is 18.5. The smallest absolute Gasteiger partial charge is 0.287 e. The summed E-state index contributed by atoms with van der Waals surface area (Å²) in [5.74, 6) is -0.419. The number of amides is 2. The van der Waals surface area contributed by atoms with Gasteiger partial charge >= 0.3 is 0 Å². The molecule has 2 heterocycles. The first-order valence-corrected chi connectivity index (χ1v) is 9.43. The van der Waals surface area contributed by atoms with Gasteiger partial charge in [-0.05, 0) is 47.0 Å². The third-order valence-corrected chi connectivity index (χ3v) is 4.83. The molecule has 2 amide bonds. The maximum absolute atomic E-state index is 12.4. The van der Waals surface area contributed by atoms with Crippen LogP contribution < -0.4 is 10.6 Å². The highest BCUT2D eigenvalue weighted by Crippen LogP contribution is 2.15. The van der Waals surface area contributed by atoms with Gasteiger partial charge in [-0.15, -0.1) is 0 Å². The quantitative estimate of drug-likeness (QED) is 0.754. The van der Waals surface area contributed by atoms with Crippen LogP contribution in [0.25, 0.3) is 0 Å². The molecule has 0 saturated carbocycles. The molecule has 0 unspecified atom stereocenters. The average molecular weight is 420 g/mol.